The summed E-state index contributed by atoms with van der Waals surface area (Å²) in [6, 6.07) is 51.1. The first kappa shape index (κ1) is 38.0. The van der Waals surface area contributed by atoms with Crippen molar-refractivity contribution >= 4 is 50.0 Å². The van der Waals surface area contributed by atoms with E-state index in [0.29, 0.717) is 5.92 Å². The summed E-state index contributed by atoms with van der Waals surface area (Å²) in [5.41, 5.74) is 9.59. The third-order valence-electron chi connectivity index (χ3n) is 9.30. The molecule has 2 heteroatoms. The molecule has 0 nitrogen and oxygen atoms in total. The van der Waals surface area contributed by atoms with Crippen LogP contribution < -0.4 is 0 Å². The number of rotatable bonds is 5. The van der Waals surface area contributed by atoms with E-state index in [2.05, 4.69) is 174 Å². The predicted octanol–water partition coefficient (Wildman–Crippen LogP) is 13.7. The van der Waals surface area contributed by atoms with Gasteiger partial charge in [0.05, 0.1) is 0 Å². The summed E-state index contributed by atoms with van der Waals surface area (Å²) in [5, 5.41) is 10.8. The van der Waals surface area contributed by atoms with Crippen LogP contribution in [0.1, 0.15) is 49.8 Å². The molecule has 0 aliphatic rings. The summed E-state index contributed by atoms with van der Waals surface area (Å²) in [4.78, 5) is 0. The Morgan fingerprint density at radius 1 is 0.571 bits per heavy atom. The molecule has 8 rings (SSSR count). The van der Waals surface area contributed by atoms with Crippen LogP contribution in [0.15, 0.2) is 140 Å². The Labute approximate surface area is 311 Å². The minimum atomic E-state index is 0. The van der Waals surface area contributed by atoms with Gasteiger partial charge >= 0.3 is 30.2 Å². The van der Waals surface area contributed by atoms with E-state index < -0.39 is 0 Å². The van der Waals surface area contributed by atoms with Crippen LogP contribution in [0.2, 0.25) is 0 Å². The fourth-order valence-electron chi connectivity index (χ4n) is 6.92. The van der Waals surface area contributed by atoms with Crippen molar-refractivity contribution in [2.45, 2.75) is 46.5 Å². The summed E-state index contributed by atoms with van der Waals surface area (Å²) in [7, 11) is 0. The molecule has 0 N–H and O–H groups in total. The SMILES string of the molecule is CC(C)c1cc2c(-c3cccc4ccccc34)cccc2[cH-]1.CCCc1cc2c(-c3cccc4ccccc34)ccc(C)c2[cH-]1.[CH3-].[CH3-].[Si]=[Zr]. The fourth-order valence-corrected chi connectivity index (χ4v) is 6.92. The topological polar surface area (TPSA) is 0 Å². The van der Waals surface area contributed by atoms with Gasteiger partial charge in [-0.05, 0) is 45.0 Å². The summed E-state index contributed by atoms with van der Waals surface area (Å²) < 4.78 is 0. The zero-order valence-corrected chi connectivity index (χ0v) is 33.2. The summed E-state index contributed by atoms with van der Waals surface area (Å²) in [6.07, 6.45) is 2.35. The van der Waals surface area contributed by atoms with Gasteiger partial charge in [0.15, 0.2) is 0 Å². The van der Waals surface area contributed by atoms with Crippen LogP contribution >= 0.6 is 0 Å². The second-order valence-electron chi connectivity index (χ2n) is 12.7. The molecule has 0 saturated carbocycles. The molecule has 0 heterocycles. The molecule has 0 spiro atoms. The van der Waals surface area contributed by atoms with E-state index in [1.807, 2.05) is 0 Å². The van der Waals surface area contributed by atoms with Crippen molar-refractivity contribution in [1.29, 1.82) is 0 Å². The Kier molecular flexibility index (Phi) is 13.3. The molecule has 0 aliphatic carbocycles. The van der Waals surface area contributed by atoms with Crippen molar-refractivity contribution in [3.05, 3.63) is 171 Å². The first-order valence-electron chi connectivity index (χ1n) is 16.6. The van der Waals surface area contributed by atoms with Gasteiger partial charge in [0.25, 0.3) is 0 Å². The number of benzene rings is 6. The first-order chi connectivity index (χ1) is 23.0. The van der Waals surface area contributed by atoms with Crippen LogP contribution in [-0.2, 0) is 29.8 Å². The molecule has 0 unspecified atom stereocenters. The van der Waals surface area contributed by atoms with Crippen LogP contribution in [0.3, 0.4) is 0 Å². The van der Waals surface area contributed by atoms with Crippen molar-refractivity contribution in [1.82, 2.24) is 0 Å². The van der Waals surface area contributed by atoms with E-state index in [0.717, 1.165) is 6.42 Å². The third kappa shape index (κ3) is 7.82. The molecule has 49 heavy (non-hydrogen) atoms. The molecule has 0 fully saturated rings. The van der Waals surface area contributed by atoms with E-state index in [1.54, 1.807) is 0 Å². The second-order valence-corrected chi connectivity index (χ2v) is 12.7. The van der Waals surface area contributed by atoms with Crippen LogP contribution in [0.4, 0.5) is 0 Å². The van der Waals surface area contributed by atoms with Crippen molar-refractivity contribution in [2.24, 2.45) is 0 Å². The van der Waals surface area contributed by atoms with Crippen LogP contribution in [0, 0.1) is 21.8 Å². The van der Waals surface area contributed by atoms with E-state index in [9.17, 15) is 0 Å². The minimum absolute atomic E-state index is 0. The number of hydrogen-bond acceptors (Lipinski definition) is 0. The molecule has 8 aromatic rings. The van der Waals surface area contributed by atoms with Gasteiger partial charge in [-0.1, -0.05) is 142 Å². The van der Waals surface area contributed by atoms with Gasteiger partial charge in [0.2, 0.25) is 0 Å². The number of aryl methyl sites for hydroxylation is 2. The molecular weight excluding hydrogens is 684 g/mol. The molecule has 246 valence electrons. The van der Waals surface area contributed by atoms with E-state index in [-0.39, 0.29) is 14.9 Å². The second kappa shape index (κ2) is 17.2. The zero-order valence-electron chi connectivity index (χ0n) is 29.8. The van der Waals surface area contributed by atoms with Crippen LogP contribution in [-0.4, -0.2) is 6.88 Å². The first-order valence-corrected chi connectivity index (χ1v) is 20.8. The molecule has 0 aliphatic heterocycles. The molecule has 8 aromatic carbocycles. The average Bonchev–Trinajstić information content (AvgIpc) is 3.75. The quantitative estimate of drug-likeness (QED) is 0.122. The zero-order chi connectivity index (χ0) is 32.9. The van der Waals surface area contributed by atoms with Gasteiger partial charge in [-0.2, -0.15) is 12.1 Å². The predicted molar refractivity (Wildman–Crippen MR) is 216 cm³/mol. The summed E-state index contributed by atoms with van der Waals surface area (Å²) in [5.74, 6) is 0.563. The summed E-state index contributed by atoms with van der Waals surface area (Å²) in [6.45, 7) is 12.0. The fraction of sp³-hybridized carbons (Fsp3) is 0.149. The Balaban J connectivity index is 0.000000203. The number of fused-ring (bicyclic) bond motifs is 4. The molecule has 0 aromatic heterocycles. The van der Waals surface area contributed by atoms with Crippen molar-refractivity contribution in [3.63, 3.8) is 0 Å². The Bertz CT molecular complexity index is 2290. The Morgan fingerprint density at radius 2 is 1.08 bits per heavy atom. The van der Waals surface area contributed by atoms with Gasteiger partial charge < -0.3 is 14.9 Å². The van der Waals surface area contributed by atoms with Crippen molar-refractivity contribution < 1.29 is 23.3 Å². The number of hydrogen-bond donors (Lipinski definition) is 0. The maximum atomic E-state index is 3.06. The summed E-state index contributed by atoms with van der Waals surface area (Å²) >= 11 is 1.36. The normalized spacial score (nSPS) is 10.6. The van der Waals surface area contributed by atoms with Crippen LogP contribution in [0.25, 0.3) is 65.3 Å². The molecular formula is C47H46SiZr-4. The Hall–Kier alpha value is -3.84. The van der Waals surface area contributed by atoms with Crippen LogP contribution in [0.5, 0.6) is 0 Å². The van der Waals surface area contributed by atoms with Gasteiger partial charge in [0, 0.05) is 0 Å². The molecule has 0 bridgehead atoms. The van der Waals surface area contributed by atoms with Gasteiger partial charge in [-0.15, -0.1) is 68.6 Å². The van der Waals surface area contributed by atoms with Crippen molar-refractivity contribution in [3.8, 4) is 22.3 Å². The third-order valence-corrected chi connectivity index (χ3v) is 9.30. The molecule has 0 saturated heterocycles. The van der Waals surface area contributed by atoms with E-state index in [4.69, 9.17) is 0 Å². The van der Waals surface area contributed by atoms with Gasteiger partial charge in [0.1, 0.15) is 0 Å². The molecule has 2 radical (unpaired) electrons. The van der Waals surface area contributed by atoms with Crippen molar-refractivity contribution in [2.75, 3.05) is 0 Å². The average molecular weight is 730 g/mol. The Morgan fingerprint density at radius 3 is 1.65 bits per heavy atom. The molecule has 0 atom stereocenters. The molecule has 0 amide bonds. The van der Waals surface area contributed by atoms with Gasteiger partial charge in [-0.25, -0.2) is 0 Å². The van der Waals surface area contributed by atoms with Gasteiger partial charge in [-0.3, -0.25) is 0 Å². The van der Waals surface area contributed by atoms with E-state index >= 15 is 0 Å². The standard InChI is InChI=1S/C23H21.C22H19.2CH3.Si.Zr/c1-3-7-17-14-22-16(2)12-13-21(23(22)15-17)20-11-6-9-18-8-4-5-10-19(18)20;1-15(2)18-13-17-9-6-12-21(22(17)14-18)20-11-5-8-16-7-3-4-10-19(16)20;;;;/h4-6,8-15H,3,7H2,1-2H3;3-15H,1-2H3;2*1H3;;/q4*-1;;. The maximum absolute atomic E-state index is 3.06. The monoisotopic (exact) mass is 728 g/mol. The van der Waals surface area contributed by atoms with E-state index in [1.165, 1.54) is 112 Å².